The van der Waals surface area contributed by atoms with Crippen molar-refractivity contribution in [1.82, 2.24) is 29.5 Å². The van der Waals surface area contributed by atoms with Crippen LogP contribution in [0.4, 0.5) is 0 Å². The van der Waals surface area contributed by atoms with Crippen molar-refractivity contribution in [1.29, 1.82) is 0 Å². The maximum atomic E-state index is 6.17. The molecule has 0 saturated carbocycles. The van der Waals surface area contributed by atoms with Gasteiger partial charge in [-0.1, -0.05) is 24.3 Å². The van der Waals surface area contributed by atoms with Crippen molar-refractivity contribution in [3.8, 4) is 11.5 Å². The summed E-state index contributed by atoms with van der Waals surface area (Å²) in [6, 6.07) is 15.8. The van der Waals surface area contributed by atoms with Crippen molar-refractivity contribution >= 4 is 0 Å². The topological polar surface area (TPSA) is 117 Å². The molecule has 1 aliphatic rings. The molecule has 0 N–H and O–H groups in total. The molecule has 12 heteroatoms. The van der Waals surface area contributed by atoms with Crippen molar-refractivity contribution in [2.75, 3.05) is 40.6 Å². The first kappa shape index (κ1) is 31.6. The molecule has 0 radical (unpaired) electrons. The first-order valence-electron chi connectivity index (χ1n) is 15.0. The third kappa shape index (κ3) is 7.81. The van der Waals surface area contributed by atoms with Crippen LogP contribution < -0.4 is 9.47 Å². The fourth-order valence-corrected chi connectivity index (χ4v) is 4.93. The molecule has 3 heterocycles. The van der Waals surface area contributed by atoms with Gasteiger partial charge in [-0.3, -0.25) is 0 Å². The van der Waals surface area contributed by atoms with E-state index in [0.29, 0.717) is 62.8 Å². The van der Waals surface area contributed by atoms with E-state index in [-0.39, 0.29) is 24.4 Å². The minimum absolute atomic E-state index is 0.322. The van der Waals surface area contributed by atoms with E-state index in [1.165, 1.54) is 0 Å². The van der Waals surface area contributed by atoms with Crippen LogP contribution >= 0.6 is 0 Å². The van der Waals surface area contributed by atoms with E-state index < -0.39 is 0 Å². The highest BCUT2D eigenvalue weighted by atomic mass is 16.5. The first-order valence-corrected chi connectivity index (χ1v) is 15.0. The molecule has 4 bridgehead atoms. The number of aromatic nitrogens is 6. The van der Waals surface area contributed by atoms with Gasteiger partial charge >= 0.3 is 0 Å². The molecule has 5 rings (SSSR count). The van der Waals surface area contributed by atoms with Gasteiger partial charge in [0.25, 0.3) is 0 Å². The zero-order chi connectivity index (χ0) is 31.1. The molecule has 2 aromatic heterocycles. The lowest BCUT2D eigenvalue weighted by Crippen LogP contribution is -2.15. The Hall–Kier alpha value is -3.84. The highest BCUT2D eigenvalue weighted by molar-refractivity contribution is 5.28. The minimum atomic E-state index is -0.342. The van der Waals surface area contributed by atoms with Gasteiger partial charge in [0, 0.05) is 0 Å². The number of ether oxygens (including phenoxy) is 6. The summed E-state index contributed by atoms with van der Waals surface area (Å²) < 4.78 is 38.9. The molecule has 12 nitrogen and oxygen atoms in total. The lowest BCUT2D eigenvalue weighted by Gasteiger charge is -2.16. The first-order chi connectivity index (χ1) is 21.3. The number of hydrogen-bond donors (Lipinski definition) is 0. The third-order valence-electron chi connectivity index (χ3n) is 7.51. The van der Waals surface area contributed by atoms with Crippen LogP contribution in [0, 0.1) is 0 Å². The molecule has 44 heavy (non-hydrogen) atoms. The van der Waals surface area contributed by atoms with Crippen LogP contribution in [0.3, 0.4) is 0 Å². The fraction of sp³-hybridized carbons (Fsp3) is 0.500. The van der Waals surface area contributed by atoms with E-state index in [1.54, 1.807) is 14.2 Å². The van der Waals surface area contributed by atoms with Crippen molar-refractivity contribution in [2.24, 2.45) is 0 Å². The summed E-state index contributed by atoms with van der Waals surface area (Å²) in [6.45, 7) is 10.3. The van der Waals surface area contributed by atoms with Crippen molar-refractivity contribution in [2.45, 2.75) is 65.2 Å². The van der Waals surface area contributed by atoms with Gasteiger partial charge in [-0.2, -0.15) is 10.2 Å². The zero-order valence-corrected chi connectivity index (χ0v) is 26.3. The summed E-state index contributed by atoms with van der Waals surface area (Å²) in [5, 5.41) is 9.61. The quantitative estimate of drug-likeness (QED) is 0.297. The third-order valence-corrected chi connectivity index (χ3v) is 7.51. The summed E-state index contributed by atoms with van der Waals surface area (Å²) >= 11 is 0. The Balaban J connectivity index is 1.33. The maximum Gasteiger partial charge on any atom is 0.179 e. The lowest BCUT2D eigenvalue weighted by molar-refractivity contribution is -0.0218. The molecule has 0 unspecified atom stereocenters. The normalized spacial score (nSPS) is 21.8. The fourth-order valence-electron chi connectivity index (χ4n) is 4.93. The Kier molecular flexibility index (Phi) is 10.6. The molecule has 0 aliphatic carbocycles. The average Bonchev–Trinajstić information content (AvgIpc) is 3.66. The Labute approximate surface area is 258 Å². The molecule has 236 valence electrons. The molecular weight excluding hydrogens is 564 g/mol. The second-order valence-electron chi connectivity index (χ2n) is 10.7. The molecule has 0 saturated heterocycles. The molecule has 2 aromatic carbocycles. The second kappa shape index (κ2) is 14.8. The standard InChI is InChI=1S/C32H42N6O6/c1-21-29-33-31(37(35-29)19-25-7-11-27(39-5)12-8-25)23(3)44-18-16-42-22(2)30-34-32(24(4)43-17-15-41-21)38(36-30)20-26-9-13-28(40-6)14-10-26/h7-14,21-24H,15-20H2,1-6H3/t21-,22-,23-,24-/m0/s1. The smallest absolute Gasteiger partial charge is 0.179 e. The Morgan fingerprint density at radius 3 is 1.25 bits per heavy atom. The number of benzene rings is 2. The van der Waals surface area contributed by atoms with Crippen molar-refractivity contribution < 1.29 is 28.4 Å². The van der Waals surface area contributed by atoms with Crippen molar-refractivity contribution in [3.05, 3.63) is 83.0 Å². The van der Waals surface area contributed by atoms with Gasteiger partial charge in [-0.25, -0.2) is 19.3 Å². The Morgan fingerprint density at radius 2 is 0.909 bits per heavy atom. The summed E-state index contributed by atoms with van der Waals surface area (Å²) in [4.78, 5) is 9.67. The van der Waals surface area contributed by atoms with Gasteiger partial charge < -0.3 is 28.4 Å². The summed E-state index contributed by atoms with van der Waals surface area (Å²) in [7, 11) is 3.31. The summed E-state index contributed by atoms with van der Waals surface area (Å²) in [5.41, 5.74) is 2.14. The van der Waals surface area contributed by atoms with Crippen LogP contribution in [0.1, 0.15) is 86.5 Å². The van der Waals surface area contributed by atoms with E-state index >= 15 is 0 Å². The van der Waals surface area contributed by atoms with Gasteiger partial charge in [-0.05, 0) is 63.1 Å². The van der Waals surface area contributed by atoms with Crippen LogP contribution in [0.25, 0.3) is 0 Å². The Morgan fingerprint density at radius 1 is 0.568 bits per heavy atom. The van der Waals surface area contributed by atoms with Gasteiger partial charge in [0.15, 0.2) is 23.3 Å². The number of nitrogens with zero attached hydrogens (tertiary/aromatic N) is 6. The lowest BCUT2D eigenvalue weighted by atomic mass is 10.2. The van der Waals surface area contributed by atoms with Gasteiger partial charge in [0.2, 0.25) is 0 Å². The van der Waals surface area contributed by atoms with Crippen molar-refractivity contribution in [3.63, 3.8) is 0 Å². The van der Waals surface area contributed by atoms with Crippen LogP contribution in [0.2, 0.25) is 0 Å². The van der Waals surface area contributed by atoms with Gasteiger partial charge in [-0.15, -0.1) is 0 Å². The van der Waals surface area contributed by atoms with Crippen LogP contribution in [0.5, 0.6) is 11.5 Å². The van der Waals surface area contributed by atoms with Gasteiger partial charge in [0.05, 0.1) is 53.7 Å². The number of hydrogen-bond acceptors (Lipinski definition) is 10. The molecule has 4 aromatic rings. The maximum absolute atomic E-state index is 6.17. The molecule has 4 atom stereocenters. The van der Waals surface area contributed by atoms with E-state index in [2.05, 4.69) is 0 Å². The molecular formula is C32H42N6O6. The number of methoxy groups -OCH3 is 2. The number of fused-ring (bicyclic) bond motifs is 4. The zero-order valence-electron chi connectivity index (χ0n) is 26.3. The highest BCUT2D eigenvalue weighted by Crippen LogP contribution is 2.24. The van der Waals surface area contributed by atoms with E-state index in [9.17, 15) is 0 Å². The summed E-state index contributed by atoms with van der Waals surface area (Å²) in [6.07, 6.45) is -1.33. The van der Waals surface area contributed by atoms with Crippen LogP contribution in [-0.2, 0) is 32.0 Å². The van der Waals surface area contributed by atoms with Crippen LogP contribution in [0.15, 0.2) is 48.5 Å². The predicted octanol–water partition coefficient (Wildman–Crippen LogP) is 5.01. The van der Waals surface area contributed by atoms with E-state index in [4.69, 9.17) is 48.6 Å². The highest BCUT2D eigenvalue weighted by Gasteiger charge is 2.24. The van der Waals surface area contributed by atoms with E-state index in [1.807, 2.05) is 85.6 Å². The minimum Gasteiger partial charge on any atom is -0.497 e. The SMILES string of the molecule is COc1ccc(Cn2nc3nc2[C@H](C)OCCO[C@@H](C)c2nc(n(Cc4ccc(OC)cc4)n2)[C@H](C)OCCO[C@H]3C)cc1. The molecule has 0 amide bonds. The monoisotopic (exact) mass is 606 g/mol. The Bertz CT molecular complexity index is 1360. The molecule has 0 spiro atoms. The largest absolute Gasteiger partial charge is 0.497 e. The summed E-state index contributed by atoms with van der Waals surface area (Å²) in [5.74, 6) is 4.22. The molecule has 1 aliphatic heterocycles. The second-order valence-corrected chi connectivity index (χ2v) is 10.7. The predicted molar refractivity (Wildman–Crippen MR) is 162 cm³/mol. The van der Waals surface area contributed by atoms with Crippen LogP contribution in [-0.4, -0.2) is 70.2 Å². The molecule has 0 fully saturated rings. The number of rotatable bonds is 6. The van der Waals surface area contributed by atoms with Gasteiger partial charge in [0.1, 0.15) is 35.9 Å². The van der Waals surface area contributed by atoms with E-state index in [0.717, 1.165) is 22.6 Å². The average molecular weight is 607 g/mol.